The molecule has 0 bridgehead atoms. The fraction of sp³-hybridized carbons (Fsp3) is 0.333. The summed E-state index contributed by atoms with van der Waals surface area (Å²) < 4.78 is 1.13. The predicted molar refractivity (Wildman–Crippen MR) is 70.0 cm³/mol. The van der Waals surface area contributed by atoms with Gasteiger partial charge >= 0.3 is 5.97 Å². The van der Waals surface area contributed by atoms with Gasteiger partial charge in [-0.2, -0.15) is 0 Å². The molecule has 2 aromatic rings. The third-order valence-corrected chi connectivity index (χ3v) is 3.83. The lowest BCUT2D eigenvalue weighted by Gasteiger charge is -2.11. The third kappa shape index (κ3) is 2.39. The minimum atomic E-state index is -0.848. The van der Waals surface area contributed by atoms with E-state index in [1.54, 1.807) is 11.9 Å². The number of likely N-dealkylation sites (N-methyl/N-ethyl adjacent to an activating group) is 1. The van der Waals surface area contributed by atoms with Crippen molar-refractivity contribution in [3.63, 3.8) is 0 Å². The predicted octanol–water partition coefficient (Wildman–Crippen LogP) is 2.43. The van der Waals surface area contributed by atoms with Crippen LogP contribution in [0.15, 0.2) is 12.1 Å². The van der Waals surface area contributed by atoms with Crippen LogP contribution in [-0.2, 0) is 4.79 Å². The Morgan fingerprint density at radius 1 is 1.47 bits per heavy atom. The van der Waals surface area contributed by atoms with Gasteiger partial charge in [0.15, 0.2) is 5.13 Å². The summed E-state index contributed by atoms with van der Waals surface area (Å²) in [7, 11) is 1.74. The van der Waals surface area contributed by atoms with Crippen LogP contribution in [0.1, 0.15) is 11.1 Å². The van der Waals surface area contributed by atoms with Crippen LogP contribution in [0.2, 0.25) is 0 Å². The number of fused-ring (bicyclic) bond motifs is 1. The highest BCUT2D eigenvalue weighted by molar-refractivity contribution is 7.22. The van der Waals surface area contributed by atoms with Crippen molar-refractivity contribution in [3.8, 4) is 0 Å². The molecule has 0 aliphatic carbocycles. The number of hydrogen-bond donors (Lipinski definition) is 1. The summed E-state index contributed by atoms with van der Waals surface area (Å²) in [6, 6.07) is 4.14. The van der Waals surface area contributed by atoms with Crippen molar-refractivity contribution in [1.82, 2.24) is 4.98 Å². The SMILES string of the molecule is Cc1cc(C)c2sc(N(C)CC(=O)O)nc2c1. The number of anilines is 1. The highest BCUT2D eigenvalue weighted by Crippen LogP contribution is 2.31. The number of carbonyl (C=O) groups is 1. The van der Waals surface area contributed by atoms with Crippen molar-refractivity contribution < 1.29 is 9.90 Å². The lowest BCUT2D eigenvalue weighted by atomic mass is 10.1. The molecule has 1 N–H and O–H groups in total. The number of nitrogens with zero attached hydrogens (tertiary/aromatic N) is 2. The summed E-state index contributed by atoms with van der Waals surface area (Å²) in [5.41, 5.74) is 3.31. The van der Waals surface area contributed by atoms with E-state index in [-0.39, 0.29) is 6.54 Å². The molecule has 17 heavy (non-hydrogen) atoms. The minimum absolute atomic E-state index is 0.0299. The number of carboxylic acid groups (broad SMARTS) is 1. The van der Waals surface area contributed by atoms with Crippen molar-refractivity contribution in [2.24, 2.45) is 0 Å². The number of aromatic nitrogens is 1. The molecule has 4 nitrogen and oxygen atoms in total. The highest BCUT2D eigenvalue weighted by Gasteiger charge is 2.12. The Bertz CT molecular complexity index is 577. The van der Waals surface area contributed by atoms with Gasteiger partial charge in [0.2, 0.25) is 0 Å². The summed E-state index contributed by atoms with van der Waals surface area (Å²) in [5, 5.41) is 9.50. The maximum Gasteiger partial charge on any atom is 0.323 e. The zero-order chi connectivity index (χ0) is 12.6. The molecule has 0 aliphatic rings. The van der Waals surface area contributed by atoms with Crippen molar-refractivity contribution in [1.29, 1.82) is 0 Å². The van der Waals surface area contributed by atoms with Crippen LogP contribution in [0.5, 0.6) is 0 Å². The molecule has 1 aromatic carbocycles. The second-order valence-electron chi connectivity index (χ2n) is 4.18. The van der Waals surface area contributed by atoms with Crippen molar-refractivity contribution in [2.45, 2.75) is 13.8 Å². The molecular formula is C12H14N2O2S. The van der Waals surface area contributed by atoms with Crippen molar-refractivity contribution in [2.75, 3.05) is 18.5 Å². The Labute approximate surface area is 104 Å². The molecule has 0 radical (unpaired) electrons. The molecular weight excluding hydrogens is 236 g/mol. The van der Waals surface area contributed by atoms with E-state index in [0.29, 0.717) is 0 Å². The van der Waals surface area contributed by atoms with E-state index < -0.39 is 5.97 Å². The van der Waals surface area contributed by atoms with Gasteiger partial charge < -0.3 is 10.0 Å². The molecule has 0 amide bonds. The van der Waals surface area contributed by atoms with Crippen molar-refractivity contribution in [3.05, 3.63) is 23.3 Å². The van der Waals surface area contributed by atoms with Gasteiger partial charge in [-0.3, -0.25) is 4.79 Å². The molecule has 5 heteroatoms. The smallest absolute Gasteiger partial charge is 0.323 e. The topological polar surface area (TPSA) is 53.4 Å². The van der Waals surface area contributed by atoms with E-state index in [0.717, 1.165) is 15.3 Å². The number of hydrogen-bond acceptors (Lipinski definition) is 4. The van der Waals surface area contributed by atoms with Gasteiger partial charge in [-0.15, -0.1) is 0 Å². The Hall–Kier alpha value is -1.62. The lowest BCUT2D eigenvalue weighted by Crippen LogP contribution is -2.24. The summed E-state index contributed by atoms with van der Waals surface area (Å²) in [6.07, 6.45) is 0. The van der Waals surface area contributed by atoms with Crippen LogP contribution in [0.3, 0.4) is 0 Å². The third-order valence-electron chi connectivity index (χ3n) is 2.51. The largest absolute Gasteiger partial charge is 0.480 e. The van der Waals surface area contributed by atoms with Gasteiger partial charge in [-0.1, -0.05) is 17.4 Å². The van der Waals surface area contributed by atoms with Crippen LogP contribution in [0.4, 0.5) is 5.13 Å². The second kappa shape index (κ2) is 4.33. The van der Waals surface area contributed by atoms with Gasteiger partial charge in [0.1, 0.15) is 6.54 Å². The van der Waals surface area contributed by atoms with E-state index >= 15 is 0 Å². The Kier molecular flexibility index (Phi) is 3.02. The van der Waals surface area contributed by atoms with E-state index in [4.69, 9.17) is 5.11 Å². The van der Waals surface area contributed by atoms with Crippen LogP contribution in [0, 0.1) is 13.8 Å². The zero-order valence-corrected chi connectivity index (χ0v) is 10.8. The average molecular weight is 250 g/mol. The molecule has 1 heterocycles. The molecule has 1 aromatic heterocycles. The number of carboxylic acids is 1. The monoisotopic (exact) mass is 250 g/mol. The molecule has 0 saturated carbocycles. The van der Waals surface area contributed by atoms with Crippen LogP contribution in [-0.4, -0.2) is 29.7 Å². The van der Waals surface area contributed by atoms with E-state index in [9.17, 15) is 4.79 Å². The van der Waals surface area contributed by atoms with Gasteiger partial charge in [-0.25, -0.2) is 4.98 Å². The number of aliphatic carboxylic acids is 1. The van der Waals surface area contributed by atoms with Crippen LogP contribution in [0.25, 0.3) is 10.2 Å². The number of benzene rings is 1. The van der Waals surface area contributed by atoms with Gasteiger partial charge in [-0.05, 0) is 31.0 Å². The van der Waals surface area contributed by atoms with Gasteiger partial charge in [0.25, 0.3) is 0 Å². The fourth-order valence-electron chi connectivity index (χ4n) is 1.80. The average Bonchev–Trinajstić information content (AvgIpc) is 2.60. The van der Waals surface area contributed by atoms with E-state index in [1.165, 1.54) is 22.5 Å². The summed E-state index contributed by atoms with van der Waals surface area (Å²) in [4.78, 5) is 16.8. The minimum Gasteiger partial charge on any atom is -0.480 e. The normalized spacial score (nSPS) is 10.8. The van der Waals surface area contributed by atoms with Crippen molar-refractivity contribution >= 4 is 32.7 Å². The quantitative estimate of drug-likeness (QED) is 0.909. The first-order valence-corrected chi connectivity index (χ1v) is 6.09. The first-order valence-electron chi connectivity index (χ1n) is 5.28. The van der Waals surface area contributed by atoms with Gasteiger partial charge in [0, 0.05) is 7.05 Å². The molecule has 0 aliphatic heterocycles. The van der Waals surface area contributed by atoms with E-state index in [2.05, 4.69) is 18.0 Å². The molecule has 0 unspecified atom stereocenters. The zero-order valence-electron chi connectivity index (χ0n) is 10.0. The maximum atomic E-state index is 10.7. The summed E-state index contributed by atoms with van der Waals surface area (Å²) in [5.74, 6) is -0.848. The molecule has 0 atom stereocenters. The Morgan fingerprint density at radius 2 is 2.18 bits per heavy atom. The lowest BCUT2D eigenvalue weighted by molar-refractivity contribution is -0.135. The summed E-state index contributed by atoms with van der Waals surface area (Å²) >= 11 is 1.53. The number of thiazole rings is 1. The van der Waals surface area contributed by atoms with Crippen LogP contribution < -0.4 is 4.90 Å². The molecule has 0 fully saturated rings. The second-order valence-corrected chi connectivity index (χ2v) is 5.15. The Balaban J connectivity index is 2.44. The molecule has 90 valence electrons. The summed E-state index contributed by atoms with van der Waals surface area (Å²) in [6.45, 7) is 4.05. The van der Waals surface area contributed by atoms with E-state index in [1.807, 2.05) is 13.0 Å². The highest BCUT2D eigenvalue weighted by atomic mass is 32.1. The fourth-order valence-corrected chi connectivity index (χ4v) is 2.77. The molecule has 2 rings (SSSR count). The number of aryl methyl sites for hydroxylation is 2. The molecule has 0 saturated heterocycles. The standard InChI is InChI=1S/C12H14N2O2S/c1-7-4-8(2)11-9(5-7)13-12(17-11)14(3)6-10(15)16/h4-5H,6H2,1-3H3,(H,15,16). The Morgan fingerprint density at radius 3 is 2.82 bits per heavy atom. The maximum absolute atomic E-state index is 10.7. The van der Waals surface area contributed by atoms with Gasteiger partial charge in [0.05, 0.1) is 10.2 Å². The first kappa shape index (κ1) is 11.9. The first-order chi connectivity index (χ1) is 7.97. The van der Waals surface area contributed by atoms with Crippen LogP contribution >= 0.6 is 11.3 Å². The number of rotatable bonds is 3. The molecule has 0 spiro atoms.